The lowest BCUT2D eigenvalue weighted by molar-refractivity contribution is -0.123. The third-order valence-corrected chi connectivity index (χ3v) is 5.29. The van der Waals surface area contributed by atoms with E-state index in [4.69, 9.17) is 9.47 Å². The second-order valence-corrected chi connectivity index (χ2v) is 7.41. The summed E-state index contributed by atoms with van der Waals surface area (Å²) in [5.74, 6) is 0.616. The molecular formula is C23H30N2O3. The molecule has 0 radical (unpaired) electrons. The van der Waals surface area contributed by atoms with Crippen molar-refractivity contribution in [2.75, 3.05) is 39.5 Å². The number of ether oxygens (including phenoxy) is 2. The van der Waals surface area contributed by atoms with E-state index in [1.54, 1.807) is 0 Å². The summed E-state index contributed by atoms with van der Waals surface area (Å²) in [4.78, 5) is 14.7. The van der Waals surface area contributed by atoms with Gasteiger partial charge in [0.25, 0.3) is 5.91 Å². The van der Waals surface area contributed by atoms with Crippen molar-refractivity contribution in [2.24, 2.45) is 0 Å². The fourth-order valence-electron chi connectivity index (χ4n) is 3.35. The fourth-order valence-corrected chi connectivity index (χ4v) is 3.35. The molecular weight excluding hydrogens is 352 g/mol. The minimum absolute atomic E-state index is 0.0201. The summed E-state index contributed by atoms with van der Waals surface area (Å²) in [6.45, 7) is 9.95. The van der Waals surface area contributed by atoms with E-state index in [1.165, 1.54) is 16.7 Å². The molecule has 5 heteroatoms. The van der Waals surface area contributed by atoms with Crippen LogP contribution in [0.15, 0.2) is 42.5 Å². The van der Waals surface area contributed by atoms with Gasteiger partial charge in [-0.3, -0.25) is 9.69 Å². The molecule has 1 aliphatic heterocycles. The zero-order valence-electron chi connectivity index (χ0n) is 17.0. The molecule has 1 fully saturated rings. The number of morpholine rings is 1. The summed E-state index contributed by atoms with van der Waals surface area (Å²) in [7, 11) is 0. The van der Waals surface area contributed by atoms with Gasteiger partial charge in [-0.05, 0) is 49.6 Å². The summed E-state index contributed by atoms with van der Waals surface area (Å²) >= 11 is 0. The molecule has 1 saturated heterocycles. The molecule has 1 unspecified atom stereocenters. The van der Waals surface area contributed by atoms with Crippen LogP contribution < -0.4 is 10.1 Å². The molecule has 1 N–H and O–H groups in total. The Bertz CT molecular complexity index is 783. The van der Waals surface area contributed by atoms with Crippen molar-refractivity contribution >= 4 is 5.91 Å². The smallest absolute Gasteiger partial charge is 0.258 e. The zero-order valence-corrected chi connectivity index (χ0v) is 17.0. The van der Waals surface area contributed by atoms with Crippen molar-refractivity contribution in [1.82, 2.24) is 10.2 Å². The van der Waals surface area contributed by atoms with E-state index in [2.05, 4.69) is 48.3 Å². The molecule has 1 aliphatic rings. The first-order chi connectivity index (χ1) is 13.5. The average molecular weight is 383 g/mol. The standard InChI is InChI=1S/C23H30N2O3/c1-17-4-7-20(8-5-17)22(25-10-12-27-13-11-25)15-24-23(26)16-28-21-9-6-18(2)19(3)14-21/h4-9,14,22H,10-13,15-16H2,1-3H3,(H,24,26). The first-order valence-electron chi connectivity index (χ1n) is 9.88. The quantitative estimate of drug-likeness (QED) is 0.799. The number of carbonyl (C=O) groups excluding carboxylic acids is 1. The normalized spacial score (nSPS) is 15.8. The van der Waals surface area contributed by atoms with Crippen molar-refractivity contribution < 1.29 is 14.3 Å². The van der Waals surface area contributed by atoms with Crippen molar-refractivity contribution in [3.05, 3.63) is 64.7 Å². The highest BCUT2D eigenvalue weighted by molar-refractivity contribution is 5.77. The minimum atomic E-state index is -0.108. The van der Waals surface area contributed by atoms with E-state index < -0.39 is 0 Å². The van der Waals surface area contributed by atoms with Crippen molar-refractivity contribution in [2.45, 2.75) is 26.8 Å². The monoisotopic (exact) mass is 382 g/mol. The summed E-state index contributed by atoms with van der Waals surface area (Å²) in [6.07, 6.45) is 0. The summed E-state index contributed by atoms with van der Waals surface area (Å²) in [5.41, 5.74) is 4.81. The number of amides is 1. The Morgan fingerprint density at radius 1 is 1.07 bits per heavy atom. The van der Waals surface area contributed by atoms with Crippen LogP contribution in [0, 0.1) is 20.8 Å². The highest BCUT2D eigenvalue weighted by Gasteiger charge is 2.23. The summed E-state index contributed by atoms with van der Waals surface area (Å²) < 4.78 is 11.1. The Hall–Kier alpha value is -2.37. The number of nitrogens with zero attached hydrogens (tertiary/aromatic N) is 1. The molecule has 2 aromatic rings. The largest absolute Gasteiger partial charge is 0.484 e. The molecule has 2 aromatic carbocycles. The molecule has 0 spiro atoms. The van der Waals surface area contributed by atoms with Crippen LogP contribution in [0.1, 0.15) is 28.3 Å². The van der Waals surface area contributed by atoms with E-state index in [0.717, 1.165) is 37.6 Å². The van der Waals surface area contributed by atoms with Gasteiger partial charge in [0.05, 0.1) is 19.3 Å². The molecule has 1 atom stereocenters. The van der Waals surface area contributed by atoms with Gasteiger partial charge in [0, 0.05) is 19.6 Å². The number of benzene rings is 2. The minimum Gasteiger partial charge on any atom is -0.484 e. The molecule has 0 bridgehead atoms. The van der Waals surface area contributed by atoms with Crippen LogP contribution >= 0.6 is 0 Å². The van der Waals surface area contributed by atoms with Gasteiger partial charge in [0.15, 0.2) is 6.61 Å². The lowest BCUT2D eigenvalue weighted by Crippen LogP contribution is -2.44. The topological polar surface area (TPSA) is 50.8 Å². The van der Waals surface area contributed by atoms with Crippen LogP contribution in [-0.2, 0) is 9.53 Å². The first-order valence-corrected chi connectivity index (χ1v) is 9.88. The SMILES string of the molecule is Cc1ccc(C(CNC(=O)COc2ccc(C)c(C)c2)N2CCOCC2)cc1. The number of hydrogen-bond donors (Lipinski definition) is 1. The van der Waals surface area contributed by atoms with E-state index >= 15 is 0 Å². The van der Waals surface area contributed by atoms with Crippen molar-refractivity contribution in [3.8, 4) is 5.75 Å². The average Bonchev–Trinajstić information content (AvgIpc) is 2.71. The number of nitrogens with one attached hydrogen (secondary N) is 1. The van der Waals surface area contributed by atoms with Gasteiger partial charge >= 0.3 is 0 Å². The number of hydrogen-bond acceptors (Lipinski definition) is 4. The summed E-state index contributed by atoms with van der Waals surface area (Å²) in [5, 5.41) is 3.04. The first kappa shape index (κ1) is 20.4. The highest BCUT2D eigenvalue weighted by atomic mass is 16.5. The van der Waals surface area contributed by atoms with Crippen LogP contribution in [0.2, 0.25) is 0 Å². The molecule has 1 heterocycles. The fraction of sp³-hybridized carbons (Fsp3) is 0.435. The van der Waals surface area contributed by atoms with Gasteiger partial charge in [-0.1, -0.05) is 35.9 Å². The predicted octanol–water partition coefficient (Wildman–Crippen LogP) is 3.18. The van der Waals surface area contributed by atoms with Crippen molar-refractivity contribution in [3.63, 3.8) is 0 Å². The molecule has 5 nitrogen and oxygen atoms in total. The maximum Gasteiger partial charge on any atom is 0.258 e. The van der Waals surface area contributed by atoms with Gasteiger partial charge in [0.1, 0.15) is 5.75 Å². The van der Waals surface area contributed by atoms with Crippen LogP contribution in [0.4, 0.5) is 0 Å². The Morgan fingerprint density at radius 3 is 2.46 bits per heavy atom. The van der Waals surface area contributed by atoms with Gasteiger partial charge in [-0.15, -0.1) is 0 Å². The third kappa shape index (κ3) is 5.57. The van der Waals surface area contributed by atoms with Crippen LogP contribution in [0.25, 0.3) is 0 Å². The van der Waals surface area contributed by atoms with Crippen molar-refractivity contribution in [1.29, 1.82) is 0 Å². The van der Waals surface area contributed by atoms with Gasteiger partial charge in [-0.2, -0.15) is 0 Å². The van der Waals surface area contributed by atoms with E-state index in [9.17, 15) is 4.79 Å². The van der Waals surface area contributed by atoms with Gasteiger partial charge in [-0.25, -0.2) is 0 Å². The number of rotatable bonds is 7. The Balaban J connectivity index is 1.58. The number of carbonyl (C=O) groups is 1. The lowest BCUT2D eigenvalue weighted by Gasteiger charge is -2.35. The van der Waals surface area contributed by atoms with Crippen LogP contribution in [-0.4, -0.2) is 50.3 Å². The van der Waals surface area contributed by atoms with Crippen LogP contribution in [0.3, 0.4) is 0 Å². The molecule has 1 amide bonds. The van der Waals surface area contributed by atoms with E-state index in [0.29, 0.717) is 6.54 Å². The van der Waals surface area contributed by atoms with Gasteiger partial charge in [0.2, 0.25) is 0 Å². The van der Waals surface area contributed by atoms with E-state index in [-0.39, 0.29) is 18.6 Å². The summed E-state index contributed by atoms with van der Waals surface area (Å²) in [6, 6.07) is 14.5. The lowest BCUT2D eigenvalue weighted by atomic mass is 10.0. The predicted molar refractivity (Wildman–Crippen MR) is 111 cm³/mol. The maximum atomic E-state index is 12.4. The molecule has 0 saturated carbocycles. The molecule has 0 aromatic heterocycles. The second kappa shape index (κ2) is 9.71. The van der Waals surface area contributed by atoms with Gasteiger partial charge < -0.3 is 14.8 Å². The second-order valence-electron chi connectivity index (χ2n) is 7.41. The van der Waals surface area contributed by atoms with Crippen LogP contribution in [0.5, 0.6) is 5.75 Å². The number of aryl methyl sites for hydroxylation is 3. The Morgan fingerprint density at radius 2 is 1.79 bits per heavy atom. The Kier molecular flexibility index (Phi) is 7.06. The molecule has 3 rings (SSSR count). The highest BCUT2D eigenvalue weighted by Crippen LogP contribution is 2.22. The zero-order chi connectivity index (χ0) is 19.9. The van der Waals surface area contributed by atoms with E-state index in [1.807, 2.05) is 25.1 Å². The molecule has 28 heavy (non-hydrogen) atoms. The Labute approximate surface area is 167 Å². The molecule has 0 aliphatic carbocycles. The maximum absolute atomic E-state index is 12.4. The molecule has 150 valence electrons. The third-order valence-electron chi connectivity index (χ3n) is 5.29.